The van der Waals surface area contributed by atoms with E-state index in [1.54, 1.807) is 0 Å². The van der Waals surface area contributed by atoms with Crippen LogP contribution >= 0.6 is 0 Å². The van der Waals surface area contributed by atoms with Crippen LogP contribution in [-0.4, -0.2) is 32.0 Å². The molecule has 1 rings (SSSR count). The van der Waals surface area contributed by atoms with Crippen molar-refractivity contribution in [3.63, 3.8) is 0 Å². The molecule has 4 N–H and O–H groups in total. The SMILES string of the molecule is CC(O)(O)C1C(=O)C(O)=CC=C1O. The number of hydrogen-bond donors (Lipinski definition) is 4. The van der Waals surface area contributed by atoms with E-state index >= 15 is 0 Å². The number of Topliss-reactive ketones (excluding diaryl/α,β-unsaturated/α-hetero) is 1. The van der Waals surface area contributed by atoms with Crippen molar-refractivity contribution >= 4 is 5.78 Å². The van der Waals surface area contributed by atoms with E-state index < -0.39 is 29.0 Å². The van der Waals surface area contributed by atoms with Crippen LogP contribution in [0.5, 0.6) is 0 Å². The molecule has 72 valence electrons. The van der Waals surface area contributed by atoms with Crippen LogP contribution in [0.15, 0.2) is 23.7 Å². The molecule has 0 amide bonds. The van der Waals surface area contributed by atoms with Gasteiger partial charge in [-0.1, -0.05) is 0 Å². The molecule has 0 fully saturated rings. The maximum absolute atomic E-state index is 11.1. The van der Waals surface area contributed by atoms with E-state index in [-0.39, 0.29) is 0 Å². The molecule has 0 aromatic heterocycles. The maximum atomic E-state index is 11.1. The Bertz CT molecular complexity index is 292. The number of rotatable bonds is 1. The molecule has 1 aliphatic rings. The molecular weight excluding hydrogens is 176 g/mol. The van der Waals surface area contributed by atoms with E-state index in [1.807, 2.05) is 0 Å². The minimum absolute atomic E-state index is 0.477. The lowest BCUT2D eigenvalue weighted by molar-refractivity contribution is -0.185. The van der Waals surface area contributed by atoms with Gasteiger partial charge in [-0.15, -0.1) is 0 Å². The lowest BCUT2D eigenvalue weighted by Crippen LogP contribution is -2.42. The van der Waals surface area contributed by atoms with E-state index in [9.17, 15) is 4.79 Å². The first-order chi connectivity index (χ1) is 5.84. The molecule has 0 bridgehead atoms. The van der Waals surface area contributed by atoms with Gasteiger partial charge in [-0.05, 0) is 19.1 Å². The van der Waals surface area contributed by atoms with Crippen molar-refractivity contribution in [2.24, 2.45) is 5.92 Å². The molecule has 13 heavy (non-hydrogen) atoms. The third-order valence-electron chi connectivity index (χ3n) is 1.77. The van der Waals surface area contributed by atoms with Gasteiger partial charge in [0.1, 0.15) is 11.7 Å². The van der Waals surface area contributed by atoms with E-state index in [0.29, 0.717) is 0 Å². The minimum atomic E-state index is -2.38. The summed E-state index contributed by atoms with van der Waals surface area (Å²) in [5.41, 5.74) is 0. The van der Waals surface area contributed by atoms with Crippen LogP contribution in [0.4, 0.5) is 0 Å². The number of carbonyl (C=O) groups excluding carboxylic acids is 1. The first kappa shape index (κ1) is 9.76. The number of aliphatic hydroxyl groups is 4. The van der Waals surface area contributed by atoms with Crippen LogP contribution in [0.1, 0.15) is 6.92 Å². The second-order valence-electron chi connectivity index (χ2n) is 3.03. The second-order valence-corrected chi connectivity index (χ2v) is 3.03. The molecule has 0 saturated carbocycles. The summed E-state index contributed by atoms with van der Waals surface area (Å²) >= 11 is 0. The third-order valence-corrected chi connectivity index (χ3v) is 1.77. The minimum Gasteiger partial charge on any atom is -0.511 e. The molecule has 1 atom stereocenters. The van der Waals surface area contributed by atoms with Gasteiger partial charge in [-0.2, -0.15) is 0 Å². The van der Waals surface area contributed by atoms with Crippen molar-refractivity contribution in [3.05, 3.63) is 23.7 Å². The second kappa shape index (κ2) is 2.86. The van der Waals surface area contributed by atoms with Gasteiger partial charge in [-0.25, -0.2) is 0 Å². The quantitative estimate of drug-likeness (QED) is 0.424. The Labute approximate surface area is 74.2 Å². The fraction of sp³-hybridized carbons (Fsp3) is 0.375. The zero-order valence-electron chi connectivity index (χ0n) is 6.93. The smallest absolute Gasteiger partial charge is 0.213 e. The highest BCUT2D eigenvalue weighted by atomic mass is 16.5. The van der Waals surface area contributed by atoms with Gasteiger partial charge in [-0.3, -0.25) is 4.79 Å². The molecule has 0 spiro atoms. The molecule has 1 unspecified atom stereocenters. The highest BCUT2D eigenvalue weighted by Gasteiger charge is 2.41. The number of ketones is 1. The van der Waals surface area contributed by atoms with Crippen LogP contribution in [0.3, 0.4) is 0 Å². The molecule has 5 nitrogen and oxygen atoms in total. The first-order valence-electron chi connectivity index (χ1n) is 3.63. The van der Waals surface area contributed by atoms with Crippen molar-refractivity contribution in [1.29, 1.82) is 0 Å². The lowest BCUT2D eigenvalue weighted by Gasteiger charge is -2.27. The average Bonchev–Trinajstić information content (AvgIpc) is 1.95. The Morgan fingerprint density at radius 3 is 2.23 bits per heavy atom. The van der Waals surface area contributed by atoms with Gasteiger partial charge in [0.15, 0.2) is 11.5 Å². The van der Waals surface area contributed by atoms with Crippen molar-refractivity contribution in [2.75, 3.05) is 0 Å². The average molecular weight is 186 g/mol. The summed E-state index contributed by atoms with van der Waals surface area (Å²) in [6.07, 6.45) is 2.05. The van der Waals surface area contributed by atoms with Gasteiger partial charge in [0.25, 0.3) is 0 Å². The monoisotopic (exact) mass is 186 g/mol. The Kier molecular flexibility index (Phi) is 2.15. The fourth-order valence-electron chi connectivity index (χ4n) is 1.15. The highest BCUT2D eigenvalue weighted by Crippen LogP contribution is 2.27. The molecule has 0 saturated heterocycles. The molecule has 0 radical (unpaired) electrons. The molecular formula is C8H10O5. The first-order valence-corrected chi connectivity index (χ1v) is 3.63. The summed E-state index contributed by atoms with van der Waals surface area (Å²) in [7, 11) is 0. The summed E-state index contributed by atoms with van der Waals surface area (Å²) in [6, 6.07) is 0. The third kappa shape index (κ3) is 1.71. The molecule has 0 aromatic carbocycles. The molecule has 1 aliphatic carbocycles. The molecule has 0 aliphatic heterocycles. The number of hydrogen-bond acceptors (Lipinski definition) is 5. The van der Waals surface area contributed by atoms with Gasteiger partial charge >= 0.3 is 0 Å². The van der Waals surface area contributed by atoms with Crippen LogP contribution < -0.4 is 0 Å². The van der Waals surface area contributed by atoms with Gasteiger partial charge in [0, 0.05) is 0 Å². The largest absolute Gasteiger partial charge is 0.511 e. The molecule has 0 heterocycles. The maximum Gasteiger partial charge on any atom is 0.213 e. The van der Waals surface area contributed by atoms with Crippen molar-refractivity contribution in [1.82, 2.24) is 0 Å². The summed E-state index contributed by atoms with van der Waals surface area (Å²) in [5.74, 6) is -5.88. The van der Waals surface area contributed by atoms with Crippen LogP contribution in [0.25, 0.3) is 0 Å². The topological polar surface area (TPSA) is 98.0 Å². The summed E-state index contributed by atoms with van der Waals surface area (Å²) in [5, 5.41) is 36.3. The highest BCUT2D eigenvalue weighted by molar-refractivity contribution is 5.98. The van der Waals surface area contributed by atoms with E-state index in [2.05, 4.69) is 0 Å². The Balaban J connectivity index is 3.08. The number of aliphatic hydroxyl groups excluding tert-OH is 2. The Morgan fingerprint density at radius 2 is 1.85 bits per heavy atom. The number of allylic oxidation sites excluding steroid dienone is 3. The van der Waals surface area contributed by atoms with Gasteiger partial charge in [0.2, 0.25) is 5.78 Å². The van der Waals surface area contributed by atoms with Crippen LogP contribution in [0, 0.1) is 5.92 Å². The molecule has 5 heteroatoms. The standard InChI is InChI=1S/C8H10O5/c1-8(12,13)6-4(9)2-3-5(10)7(6)11/h2-3,6,9-10,12-13H,1H3. The van der Waals surface area contributed by atoms with Crippen molar-refractivity contribution in [2.45, 2.75) is 12.7 Å². The van der Waals surface area contributed by atoms with E-state index in [0.717, 1.165) is 19.1 Å². The van der Waals surface area contributed by atoms with E-state index in [1.165, 1.54) is 0 Å². The zero-order chi connectivity index (χ0) is 10.2. The predicted octanol–water partition coefficient (Wildman–Crippen LogP) is -0.230. The normalized spacial score (nSPS) is 23.9. The van der Waals surface area contributed by atoms with Crippen LogP contribution in [-0.2, 0) is 4.79 Å². The Morgan fingerprint density at radius 1 is 1.31 bits per heavy atom. The number of carbonyl (C=O) groups is 1. The zero-order valence-corrected chi connectivity index (χ0v) is 6.93. The predicted molar refractivity (Wildman–Crippen MR) is 42.8 cm³/mol. The van der Waals surface area contributed by atoms with Gasteiger partial charge in [0.05, 0.1) is 0 Å². The molecule has 0 aromatic rings. The lowest BCUT2D eigenvalue weighted by atomic mass is 9.89. The summed E-state index contributed by atoms with van der Waals surface area (Å²) < 4.78 is 0. The summed E-state index contributed by atoms with van der Waals surface area (Å²) in [6.45, 7) is 0.957. The fourth-order valence-corrected chi connectivity index (χ4v) is 1.15. The van der Waals surface area contributed by atoms with Crippen molar-refractivity contribution in [3.8, 4) is 0 Å². The van der Waals surface area contributed by atoms with Gasteiger partial charge < -0.3 is 20.4 Å². The van der Waals surface area contributed by atoms with Crippen LogP contribution in [0.2, 0.25) is 0 Å². The Hall–Kier alpha value is -1.33. The summed E-state index contributed by atoms with van der Waals surface area (Å²) in [4.78, 5) is 11.1. The van der Waals surface area contributed by atoms with Crippen molar-refractivity contribution < 1.29 is 25.2 Å². The van der Waals surface area contributed by atoms with E-state index in [4.69, 9.17) is 20.4 Å².